The Balaban J connectivity index is 1.25. The zero-order chi connectivity index (χ0) is 24.9. The van der Waals surface area contributed by atoms with E-state index in [2.05, 4.69) is 4.98 Å². The second-order valence-corrected chi connectivity index (χ2v) is 9.14. The number of nitrogens with zero attached hydrogens (tertiary/aromatic N) is 3. The second-order valence-electron chi connectivity index (χ2n) is 9.14. The average Bonchev–Trinajstić information content (AvgIpc) is 3.53. The van der Waals surface area contributed by atoms with Gasteiger partial charge >= 0.3 is 0 Å². The lowest BCUT2D eigenvalue weighted by molar-refractivity contribution is -0.138. The molecule has 2 aromatic carbocycles. The Bertz CT molecular complexity index is 1240. The molecule has 2 aliphatic heterocycles. The van der Waals surface area contributed by atoms with Gasteiger partial charge in [0.1, 0.15) is 18.1 Å². The van der Waals surface area contributed by atoms with E-state index >= 15 is 0 Å². The van der Waals surface area contributed by atoms with Gasteiger partial charge in [-0.2, -0.15) is 0 Å². The molecular formula is C28H29N3O5. The van der Waals surface area contributed by atoms with Crippen LogP contribution < -0.4 is 4.74 Å². The van der Waals surface area contributed by atoms with Crippen LogP contribution in [0, 0.1) is 0 Å². The Morgan fingerprint density at radius 3 is 2.56 bits per heavy atom. The standard InChI is InChI=1S/C28H29N3O5/c32-26-13-14-27(33)31(26)15-17-36-22-10-7-20(8-11-22)18-30(19-23-5-3-16-35-23)28(34)25-12-9-21-4-1-2-6-24(21)29-25/h1-2,4,6-12,23H,3,5,13-19H2/t23-/m0/s1. The SMILES string of the molecule is O=C(c1ccc2ccccc2n1)N(Cc1ccc(OCCN2C(=O)CCC2=O)cc1)C[C@@H]1CCCO1. The van der Waals surface area contributed by atoms with Gasteiger partial charge in [-0.05, 0) is 42.7 Å². The van der Waals surface area contributed by atoms with Crippen molar-refractivity contribution < 1.29 is 23.9 Å². The van der Waals surface area contributed by atoms with Crippen LogP contribution in [0.25, 0.3) is 10.9 Å². The largest absolute Gasteiger partial charge is 0.492 e. The molecule has 8 heteroatoms. The maximum Gasteiger partial charge on any atom is 0.272 e. The van der Waals surface area contributed by atoms with Crippen LogP contribution in [0.15, 0.2) is 60.7 Å². The molecule has 0 spiro atoms. The number of pyridine rings is 1. The lowest BCUT2D eigenvalue weighted by Gasteiger charge is -2.25. The van der Waals surface area contributed by atoms with Crippen molar-refractivity contribution in [1.82, 2.24) is 14.8 Å². The maximum atomic E-state index is 13.5. The van der Waals surface area contributed by atoms with E-state index in [-0.39, 0.29) is 49.8 Å². The number of aromatic nitrogens is 1. The number of hydrogen-bond donors (Lipinski definition) is 0. The highest BCUT2D eigenvalue weighted by Crippen LogP contribution is 2.20. The monoisotopic (exact) mass is 487 g/mol. The first kappa shape index (κ1) is 23.9. The van der Waals surface area contributed by atoms with Gasteiger partial charge in [0.15, 0.2) is 0 Å². The number of likely N-dealkylation sites (tertiary alicyclic amines) is 1. The number of hydrogen-bond acceptors (Lipinski definition) is 6. The summed E-state index contributed by atoms with van der Waals surface area (Å²) in [5.41, 5.74) is 2.16. The number of rotatable bonds is 9. The van der Waals surface area contributed by atoms with Crippen LogP contribution in [0.3, 0.4) is 0 Å². The normalized spacial score (nSPS) is 17.7. The van der Waals surface area contributed by atoms with Crippen LogP contribution in [0.2, 0.25) is 0 Å². The van der Waals surface area contributed by atoms with Crippen molar-refractivity contribution in [3.05, 3.63) is 71.9 Å². The van der Waals surface area contributed by atoms with Crippen molar-refractivity contribution in [2.75, 3.05) is 26.3 Å². The zero-order valence-electron chi connectivity index (χ0n) is 20.1. The molecule has 3 aromatic rings. The van der Waals surface area contributed by atoms with E-state index < -0.39 is 0 Å². The van der Waals surface area contributed by atoms with Crippen molar-refractivity contribution in [1.29, 1.82) is 0 Å². The molecule has 0 saturated carbocycles. The highest BCUT2D eigenvalue weighted by Gasteiger charge is 2.28. The van der Waals surface area contributed by atoms with E-state index in [1.54, 1.807) is 11.0 Å². The molecule has 2 fully saturated rings. The lowest BCUT2D eigenvalue weighted by Crippen LogP contribution is -2.37. The van der Waals surface area contributed by atoms with Gasteiger partial charge in [-0.25, -0.2) is 4.98 Å². The molecule has 5 rings (SSSR count). The van der Waals surface area contributed by atoms with Crippen molar-refractivity contribution in [2.24, 2.45) is 0 Å². The summed E-state index contributed by atoms with van der Waals surface area (Å²) in [4.78, 5) is 44.6. The van der Waals surface area contributed by atoms with Gasteiger partial charge in [-0.15, -0.1) is 0 Å². The van der Waals surface area contributed by atoms with Gasteiger partial charge < -0.3 is 14.4 Å². The van der Waals surface area contributed by atoms with Crippen LogP contribution in [-0.4, -0.2) is 64.9 Å². The molecule has 0 aliphatic carbocycles. The van der Waals surface area contributed by atoms with Crippen LogP contribution >= 0.6 is 0 Å². The van der Waals surface area contributed by atoms with E-state index in [1.807, 2.05) is 54.6 Å². The zero-order valence-corrected chi connectivity index (χ0v) is 20.1. The summed E-state index contributed by atoms with van der Waals surface area (Å²) in [6.45, 7) is 2.14. The number of imide groups is 1. The molecule has 3 amide bonds. The highest BCUT2D eigenvalue weighted by atomic mass is 16.5. The first-order chi connectivity index (χ1) is 17.6. The second kappa shape index (κ2) is 10.9. The van der Waals surface area contributed by atoms with Crippen molar-refractivity contribution in [3.8, 4) is 5.75 Å². The van der Waals surface area contributed by atoms with Gasteiger partial charge in [0.25, 0.3) is 5.91 Å². The van der Waals surface area contributed by atoms with E-state index in [0.717, 1.165) is 35.9 Å². The first-order valence-corrected chi connectivity index (χ1v) is 12.4. The van der Waals surface area contributed by atoms with Crippen molar-refractivity contribution in [3.63, 3.8) is 0 Å². The summed E-state index contributed by atoms with van der Waals surface area (Å²) < 4.78 is 11.5. The molecule has 3 heterocycles. The number of amides is 3. The molecule has 0 unspecified atom stereocenters. The quantitative estimate of drug-likeness (QED) is 0.429. The van der Waals surface area contributed by atoms with Gasteiger partial charge in [-0.1, -0.05) is 36.4 Å². The fourth-order valence-corrected chi connectivity index (χ4v) is 4.64. The van der Waals surface area contributed by atoms with Crippen molar-refractivity contribution >= 4 is 28.6 Å². The smallest absolute Gasteiger partial charge is 0.272 e. The molecule has 0 radical (unpaired) electrons. The molecular weight excluding hydrogens is 458 g/mol. The van der Waals surface area contributed by atoms with Crippen molar-refractivity contribution in [2.45, 2.75) is 38.3 Å². The number of fused-ring (bicyclic) bond motifs is 1. The van der Waals surface area contributed by atoms with E-state index in [9.17, 15) is 14.4 Å². The Morgan fingerprint density at radius 1 is 1.03 bits per heavy atom. The van der Waals surface area contributed by atoms with Crippen LogP contribution in [0.5, 0.6) is 5.75 Å². The summed E-state index contributed by atoms with van der Waals surface area (Å²) in [7, 11) is 0. The molecule has 8 nitrogen and oxygen atoms in total. The summed E-state index contributed by atoms with van der Waals surface area (Å²) >= 11 is 0. The van der Waals surface area contributed by atoms with Crippen LogP contribution in [0.1, 0.15) is 41.7 Å². The summed E-state index contributed by atoms with van der Waals surface area (Å²) in [5, 5.41) is 0.994. The summed E-state index contributed by atoms with van der Waals surface area (Å²) in [6.07, 6.45) is 2.52. The number of carbonyl (C=O) groups is 3. The molecule has 0 N–H and O–H groups in total. The Labute approximate surface area is 209 Å². The third kappa shape index (κ3) is 5.54. The number of ether oxygens (including phenoxy) is 2. The minimum atomic E-state index is -0.143. The van der Waals surface area contributed by atoms with Gasteiger partial charge in [0.05, 0.1) is 18.2 Å². The fourth-order valence-electron chi connectivity index (χ4n) is 4.64. The maximum absolute atomic E-state index is 13.5. The fraction of sp³-hybridized carbons (Fsp3) is 0.357. The molecule has 186 valence electrons. The molecule has 1 atom stereocenters. The lowest BCUT2D eigenvalue weighted by atomic mass is 10.1. The minimum Gasteiger partial charge on any atom is -0.492 e. The Kier molecular flexibility index (Phi) is 7.23. The van der Waals surface area contributed by atoms with Crippen LogP contribution in [0.4, 0.5) is 0 Å². The molecule has 36 heavy (non-hydrogen) atoms. The summed E-state index contributed by atoms with van der Waals surface area (Å²) in [6, 6.07) is 19.0. The molecule has 2 saturated heterocycles. The molecule has 2 aliphatic rings. The Morgan fingerprint density at radius 2 is 1.81 bits per heavy atom. The third-order valence-corrected chi connectivity index (χ3v) is 6.59. The third-order valence-electron chi connectivity index (χ3n) is 6.59. The van der Waals surface area contributed by atoms with E-state index in [4.69, 9.17) is 9.47 Å². The van der Waals surface area contributed by atoms with E-state index in [1.165, 1.54) is 4.90 Å². The predicted molar refractivity (Wildman–Crippen MR) is 133 cm³/mol. The number of benzene rings is 2. The molecule has 0 bridgehead atoms. The Hall–Kier alpha value is -3.78. The van der Waals surface area contributed by atoms with E-state index in [0.29, 0.717) is 24.5 Å². The molecule has 1 aromatic heterocycles. The summed E-state index contributed by atoms with van der Waals surface area (Å²) in [5.74, 6) is 0.231. The van der Waals surface area contributed by atoms with Crippen LogP contribution in [-0.2, 0) is 20.9 Å². The topological polar surface area (TPSA) is 89.0 Å². The number of para-hydroxylation sites is 1. The first-order valence-electron chi connectivity index (χ1n) is 12.4. The minimum absolute atomic E-state index is 0.0213. The van der Waals surface area contributed by atoms with Gasteiger partial charge in [0.2, 0.25) is 11.8 Å². The predicted octanol–water partition coefficient (Wildman–Crippen LogP) is 3.58. The van der Waals surface area contributed by atoms with Gasteiger partial charge in [0, 0.05) is 37.9 Å². The highest BCUT2D eigenvalue weighted by molar-refractivity contribution is 6.01. The van der Waals surface area contributed by atoms with Gasteiger partial charge in [-0.3, -0.25) is 19.3 Å². The number of carbonyl (C=O) groups excluding carboxylic acids is 3. The average molecular weight is 488 g/mol.